The number of nitrogens with one attached hydrogen (secondary N) is 3. The summed E-state index contributed by atoms with van der Waals surface area (Å²) < 4.78 is 0. The minimum Gasteiger partial charge on any atom is -0.338 e. The molecule has 3 amide bonds. The minimum atomic E-state index is -0.470. The van der Waals surface area contributed by atoms with Crippen molar-refractivity contribution in [2.45, 2.75) is 32.9 Å². The molecule has 0 aromatic heterocycles. The number of hydrogen-bond acceptors (Lipinski definition) is 3. The molecule has 0 aliphatic carbocycles. The van der Waals surface area contributed by atoms with Crippen LogP contribution in [0.4, 0.5) is 4.79 Å². The molecule has 0 aliphatic rings. The highest BCUT2D eigenvalue weighted by Crippen LogP contribution is 1.88. The van der Waals surface area contributed by atoms with Gasteiger partial charge in [0.2, 0.25) is 5.91 Å². The van der Waals surface area contributed by atoms with Crippen LogP contribution < -0.4 is 16.0 Å². The molecule has 0 aliphatic heterocycles. The van der Waals surface area contributed by atoms with Crippen LogP contribution in [0.5, 0.6) is 0 Å². The molecule has 15 heavy (non-hydrogen) atoms. The van der Waals surface area contributed by atoms with Crippen molar-refractivity contribution >= 4 is 11.9 Å². The molecule has 3 N–H and O–H groups in total. The van der Waals surface area contributed by atoms with Crippen molar-refractivity contribution in [1.29, 1.82) is 0 Å². The second-order valence-electron chi connectivity index (χ2n) is 3.26. The lowest BCUT2D eigenvalue weighted by Gasteiger charge is -2.16. The number of imide groups is 1. The molecule has 0 fully saturated rings. The van der Waals surface area contributed by atoms with Crippen LogP contribution >= 0.6 is 0 Å². The molecule has 2 unspecified atom stereocenters. The molecular weight excluding hydrogens is 194 g/mol. The first kappa shape index (κ1) is 13.6. The van der Waals surface area contributed by atoms with Crippen molar-refractivity contribution < 1.29 is 9.59 Å². The third-order valence-corrected chi connectivity index (χ3v) is 1.83. The summed E-state index contributed by atoms with van der Waals surface area (Å²) in [5, 5.41) is 7.67. The largest absolute Gasteiger partial charge is 0.338 e. The quantitative estimate of drug-likeness (QED) is 0.578. The van der Waals surface area contributed by atoms with Gasteiger partial charge in [0.05, 0.1) is 6.04 Å². The second-order valence-corrected chi connectivity index (χ2v) is 3.26. The Labute approximate surface area is 90.3 Å². The van der Waals surface area contributed by atoms with E-state index in [0.717, 1.165) is 0 Å². The molecule has 0 bridgehead atoms. The van der Waals surface area contributed by atoms with Crippen LogP contribution in [-0.4, -0.2) is 30.6 Å². The zero-order chi connectivity index (χ0) is 11.8. The Morgan fingerprint density at radius 3 is 2.47 bits per heavy atom. The molecular formula is C10H19N3O2. The maximum atomic E-state index is 11.4. The third kappa shape index (κ3) is 5.85. The van der Waals surface area contributed by atoms with Crippen molar-refractivity contribution in [2.24, 2.45) is 0 Å². The zero-order valence-electron chi connectivity index (χ0n) is 9.46. The molecule has 0 aromatic rings. The van der Waals surface area contributed by atoms with Gasteiger partial charge in [-0.15, -0.1) is 6.58 Å². The van der Waals surface area contributed by atoms with Gasteiger partial charge in [0.25, 0.3) is 0 Å². The van der Waals surface area contributed by atoms with E-state index in [4.69, 9.17) is 0 Å². The van der Waals surface area contributed by atoms with E-state index in [0.29, 0.717) is 6.54 Å². The Morgan fingerprint density at radius 2 is 2.00 bits per heavy atom. The fraction of sp³-hybridized carbons (Fsp3) is 0.600. The third-order valence-electron chi connectivity index (χ3n) is 1.83. The molecule has 2 atom stereocenters. The highest BCUT2D eigenvalue weighted by molar-refractivity contribution is 5.96. The molecule has 0 saturated heterocycles. The Kier molecular flexibility index (Phi) is 6.37. The standard InChI is InChI=1S/C10H19N3O2/c1-5-7(3)12-8(4)9(14)13-10(15)11-6-2/h5,7-8,12H,1,6H2,2-4H3,(H2,11,13,14,15). The van der Waals surface area contributed by atoms with Gasteiger partial charge in [-0.2, -0.15) is 0 Å². The maximum Gasteiger partial charge on any atom is 0.321 e. The van der Waals surface area contributed by atoms with E-state index < -0.39 is 12.1 Å². The van der Waals surface area contributed by atoms with Crippen molar-refractivity contribution in [1.82, 2.24) is 16.0 Å². The summed E-state index contributed by atoms with van der Waals surface area (Å²) in [6, 6.07) is -0.872. The minimum absolute atomic E-state index is 0.0278. The summed E-state index contributed by atoms with van der Waals surface area (Å²) in [5.74, 6) is -0.352. The van der Waals surface area contributed by atoms with E-state index in [9.17, 15) is 9.59 Å². The molecule has 0 saturated carbocycles. The van der Waals surface area contributed by atoms with Crippen molar-refractivity contribution in [3.05, 3.63) is 12.7 Å². The molecule has 0 rings (SSSR count). The smallest absolute Gasteiger partial charge is 0.321 e. The highest BCUT2D eigenvalue weighted by atomic mass is 16.2. The van der Waals surface area contributed by atoms with Gasteiger partial charge < -0.3 is 10.6 Å². The second kappa shape index (κ2) is 7.00. The molecule has 5 heteroatoms. The van der Waals surface area contributed by atoms with E-state index in [1.807, 2.05) is 6.92 Å². The predicted octanol–water partition coefficient (Wildman–Crippen LogP) is 0.385. The van der Waals surface area contributed by atoms with E-state index in [2.05, 4.69) is 22.5 Å². The van der Waals surface area contributed by atoms with E-state index in [1.54, 1.807) is 19.9 Å². The van der Waals surface area contributed by atoms with Gasteiger partial charge in [-0.25, -0.2) is 4.79 Å². The number of hydrogen-bond donors (Lipinski definition) is 3. The molecule has 0 heterocycles. The molecule has 0 aromatic carbocycles. The maximum absolute atomic E-state index is 11.4. The van der Waals surface area contributed by atoms with Crippen LogP contribution in [0.25, 0.3) is 0 Å². The number of rotatable bonds is 5. The fourth-order valence-electron chi connectivity index (χ4n) is 0.963. The summed E-state index contributed by atoms with van der Waals surface area (Å²) in [6.45, 7) is 9.43. The van der Waals surface area contributed by atoms with Gasteiger partial charge in [0.1, 0.15) is 0 Å². The van der Waals surface area contributed by atoms with Crippen LogP contribution in [0, 0.1) is 0 Å². The van der Waals surface area contributed by atoms with E-state index in [1.165, 1.54) is 0 Å². The SMILES string of the molecule is C=CC(C)NC(C)C(=O)NC(=O)NCC. The first-order valence-electron chi connectivity index (χ1n) is 4.98. The first-order chi connectivity index (χ1) is 7.01. The van der Waals surface area contributed by atoms with E-state index in [-0.39, 0.29) is 11.9 Å². The first-order valence-corrected chi connectivity index (χ1v) is 4.98. The Bertz CT molecular complexity index is 241. The summed E-state index contributed by atoms with van der Waals surface area (Å²) >= 11 is 0. The lowest BCUT2D eigenvalue weighted by atomic mass is 10.2. The number of carbonyl (C=O) groups is 2. The normalized spacial score (nSPS) is 13.8. The predicted molar refractivity (Wildman–Crippen MR) is 59.5 cm³/mol. The van der Waals surface area contributed by atoms with Gasteiger partial charge in [-0.3, -0.25) is 10.1 Å². The van der Waals surface area contributed by atoms with Crippen molar-refractivity contribution in [3.63, 3.8) is 0 Å². The highest BCUT2D eigenvalue weighted by Gasteiger charge is 2.15. The summed E-state index contributed by atoms with van der Waals surface area (Å²) in [6.07, 6.45) is 1.69. The fourth-order valence-corrected chi connectivity index (χ4v) is 0.963. The lowest BCUT2D eigenvalue weighted by molar-refractivity contribution is -0.121. The van der Waals surface area contributed by atoms with Crippen molar-refractivity contribution in [3.8, 4) is 0 Å². The Balaban J connectivity index is 3.98. The van der Waals surface area contributed by atoms with Crippen LogP contribution in [0.2, 0.25) is 0 Å². The van der Waals surface area contributed by atoms with Gasteiger partial charge in [-0.05, 0) is 20.8 Å². The van der Waals surface area contributed by atoms with Crippen LogP contribution in [-0.2, 0) is 4.79 Å². The van der Waals surface area contributed by atoms with Crippen LogP contribution in [0.15, 0.2) is 12.7 Å². The van der Waals surface area contributed by atoms with Gasteiger partial charge >= 0.3 is 6.03 Å². The van der Waals surface area contributed by atoms with Gasteiger partial charge in [0.15, 0.2) is 0 Å². The van der Waals surface area contributed by atoms with Crippen molar-refractivity contribution in [2.75, 3.05) is 6.54 Å². The zero-order valence-corrected chi connectivity index (χ0v) is 9.46. The summed E-state index contributed by atoms with van der Waals surface area (Å²) in [5.41, 5.74) is 0. The molecule has 0 radical (unpaired) electrons. The molecule has 5 nitrogen and oxygen atoms in total. The van der Waals surface area contributed by atoms with E-state index >= 15 is 0 Å². The van der Waals surface area contributed by atoms with Crippen LogP contribution in [0.1, 0.15) is 20.8 Å². The van der Waals surface area contributed by atoms with Gasteiger partial charge in [0, 0.05) is 12.6 Å². The topological polar surface area (TPSA) is 70.2 Å². The van der Waals surface area contributed by atoms with Gasteiger partial charge in [-0.1, -0.05) is 6.08 Å². The van der Waals surface area contributed by atoms with Crippen LogP contribution in [0.3, 0.4) is 0 Å². The summed E-state index contributed by atoms with van der Waals surface area (Å²) in [7, 11) is 0. The lowest BCUT2D eigenvalue weighted by Crippen LogP contribution is -2.49. The molecule has 86 valence electrons. The average molecular weight is 213 g/mol. The Morgan fingerprint density at radius 1 is 1.40 bits per heavy atom. The monoisotopic (exact) mass is 213 g/mol. The number of urea groups is 1. The summed E-state index contributed by atoms with van der Waals surface area (Å²) in [4.78, 5) is 22.4. The molecule has 0 spiro atoms. The Hall–Kier alpha value is -1.36. The average Bonchev–Trinajstić information content (AvgIpc) is 2.17. The number of amides is 3. The number of carbonyl (C=O) groups excluding carboxylic acids is 2.